The summed E-state index contributed by atoms with van der Waals surface area (Å²) in [5.41, 5.74) is 6.41. The van der Waals surface area contributed by atoms with Crippen molar-refractivity contribution in [3.8, 4) is 11.5 Å². The van der Waals surface area contributed by atoms with Gasteiger partial charge in [0, 0.05) is 0 Å². The molecule has 3 rings (SSSR count). The zero-order valence-corrected chi connectivity index (χ0v) is 17.5. The predicted molar refractivity (Wildman–Crippen MR) is 120 cm³/mol. The van der Waals surface area contributed by atoms with Gasteiger partial charge in [0.1, 0.15) is 22.9 Å². The Morgan fingerprint density at radius 2 is 1.12 bits per heavy atom. The van der Waals surface area contributed by atoms with Gasteiger partial charge in [-0.25, -0.2) is 15.8 Å². The summed E-state index contributed by atoms with van der Waals surface area (Å²) in [5, 5.41) is 7.81. The average Bonchev–Trinajstić information content (AvgIpc) is 2.84. The molecule has 0 saturated carbocycles. The smallest absolute Gasteiger partial charge is 0.289 e. The van der Waals surface area contributed by atoms with Crippen molar-refractivity contribution in [2.24, 2.45) is 10.2 Å². The molecule has 0 spiro atoms. The van der Waals surface area contributed by atoms with Gasteiger partial charge in [-0.2, -0.15) is 10.2 Å². The van der Waals surface area contributed by atoms with Crippen LogP contribution in [0.5, 0.6) is 11.5 Å². The molecule has 3 aromatic rings. The van der Waals surface area contributed by atoms with Gasteiger partial charge in [0.15, 0.2) is 0 Å². The molecule has 0 aliphatic rings. The number of hydrazone groups is 2. The maximum Gasteiger partial charge on any atom is 0.289 e. The number of hydrogen-bond donors (Lipinski definition) is 2. The summed E-state index contributed by atoms with van der Waals surface area (Å²) in [6, 6.07) is 18.8. The van der Waals surface area contributed by atoms with E-state index in [1.165, 1.54) is 24.6 Å². The topological polar surface area (TPSA) is 114 Å². The van der Waals surface area contributed by atoms with Crippen molar-refractivity contribution in [3.63, 3.8) is 0 Å². The largest absolute Gasteiger partial charge is 0.497 e. The van der Waals surface area contributed by atoms with Crippen LogP contribution in [0.25, 0.3) is 0 Å². The fourth-order valence-electron chi connectivity index (χ4n) is 2.51. The van der Waals surface area contributed by atoms with Gasteiger partial charge < -0.3 is 9.47 Å². The van der Waals surface area contributed by atoms with Gasteiger partial charge in [0.05, 0.1) is 26.6 Å². The Hall–Kier alpha value is -4.53. The number of hydrogen-bond acceptors (Lipinski definition) is 7. The van der Waals surface area contributed by atoms with Gasteiger partial charge in [0.2, 0.25) is 0 Å². The number of amides is 2. The van der Waals surface area contributed by atoms with Crippen molar-refractivity contribution in [3.05, 3.63) is 89.2 Å². The molecule has 0 saturated heterocycles. The maximum absolute atomic E-state index is 12.3. The number of nitrogens with one attached hydrogen (secondary N) is 2. The van der Waals surface area contributed by atoms with E-state index in [1.807, 2.05) is 0 Å². The van der Waals surface area contributed by atoms with Crippen LogP contribution in [0, 0.1) is 0 Å². The van der Waals surface area contributed by atoms with Crippen LogP contribution in [-0.2, 0) is 0 Å². The van der Waals surface area contributed by atoms with Gasteiger partial charge >= 0.3 is 0 Å². The second-order valence-electron chi connectivity index (χ2n) is 6.35. The number of carbonyl (C=O) groups is 2. The van der Waals surface area contributed by atoms with Crippen molar-refractivity contribution in [1.82, 2.24) is 15.8 Å². The molecule has 2 N–H and O–H groups in total. The molecule has 2 aromatic carbocycles. The molecule has 0 atom stereocenters. The highest BCUT2D eigenvalue weighted by atomic mass is 16.5. The van der Waals surface area contributed by atoms with Crippen LogP contribution in [0.2, 0.25) is 0 Å². The molecule has 0 aliphatic carbocycles. The Morgan fingerprint density at radius 3 is 1.50 bits per heavy atom. The van der Waals surface area contributed by atoms with Crippen LogP contribution in [0.4, 0.5) is 0 Å². The lowest BCUT2D eigenvalue weighted by atomic mass is 10.2. The molecule has 0 unspecified atom stereocenters. The van der Waals surface area contributed by atoms with Crippen LogP contribution in [0.3, 0.4) is 0 Å². The van der Waals surface area contributed by atoms with E-state index in [-0.39, 0.29) is 11.4 Å². The zero-order chi connectivity index (χ0) is 22.8. The van der Waals surface area contributed by atoms with E-state index in [0.717, 1.165) is 22.6 Å². The lowest BCUT2D eigenvalue weighted by molar-refractivity contribution is 0.0945. The average molecular weight is 431 g/mol. The summed E-state index contributed by atoms with van der Waals surface area (Å²) in [6.07, 6.45) is 2.98. The highest BCUT2D eigenvalue weighted by molar-refractivity contribution is 5.97. The van der Waals surface area contributed by atoms with E-state index in [4.69, 9.17) is 9.47 Å². The third kappa shape index (κ3) is 6.23. The quantitative estimate of drug-likeness (QED) is 0.420. The lowest BCUT2D eigenvalue weighted by Gasteiger charge is -2.03. The number of rotatable bonds is 8. The van der Waals surface area contributed by atoms with Crippen LogP contribution >= 0.6 is 0 Å². The minimum atomic E-state index is -0.550. The molecule has 9 nitrogen and oxygen atoms in total. The number of carbonyl (C=O) groups excluding carboxylic acids is 2. The van der Waals surface area contributed by atoms with E-state index >= 15 is 0 Å². The molecule has 0 radical (unpaired) electrons. The normalized spacial score (nSPS) is 10.8. The van der Waals surface area contributed by atoms with Crippen molar-refractivity contribution in [2.45, 2.75) is 0 Å². The molecular weight excluding hydrogens is 410 g/mol. The van der Waals surface area contributed by atoms with E-state index in [9.17, 15) is 9.59 Å². The van der Waals surface area contributed by atoms with E-state index in [0.29, 0.717) is 0 Å². The lowest BCUT2D eigenvalue weighted by Crippen LogP contribution is -2.23. The first-order valence-electron chi connectivity index (χ1n) is 9.51. The number of nitrogens with zero attached hydrogens (tertiary/aromatic N) is 3. The third-order valence-electron chi connectivity index (χ3n) is 4.21. The fourth-order valence-corrected chi connectivity index (χ4v) is 2.51. The minimum Gasteiger partial charge on any atom is -0.497 e. The molecule has 32 heavy (non-hydrogen) atoms. The number of aromatic nitrogens is 1. The second kappa shape index (κ2) is 11.0. The molecular formula is C23H21N5O4. The summed E-state index contributed by atoms with van der Waals surface area (Å²) in [7, 11) is 3.16. The molecule has 0 aliphatic heterocycles. The van der Waals surface area contributed by atoms with Gasteiger partial charge in [0.25, 0.3) is 11.8 Å². The SMILES string of the molecule is COc1ccc(/C=N\NC(=O)c2cccc(C(=O)N/N=C\c3ccc(OC)cc3)n2)cc1. The summed E-state index contributed by atoms with van der Waals surface area (Å²) >= 11 is 0. The third-order valence-corrected chi connectivity index (χ3v) is 4.21. The molecule has 0 fully saturated rings. The summed E-state index contributed by atoms with van der Waals surface area (Å²) < 4.78 is 10.2. The number of benzene rings is 2. The number of ether oxygens (including phenoxy) is 2. The van der Waals surface area contributed by atoms with Crippen molar-refractivity contribution in [1.29, 1.82) is 0 Å². The molecule has 1 heterocycles. The maximum atomic E-state index is 12.3. The van der Waals surface area contributed by atoms with Crippen molar-refractivity contribution >= 4 is 24.2 Å². The van der Waals surface area contributed by atoms with Gasteiger partial charge in [-0.1, -0.05) is 6.07 Å². The highest BCUT2D eigenvalue weighted by Gasteiger charge is 2.11. The Labute approximate surface area is 184 Å². The monoisotopic (exact) mass is 431 g/mol. The Bertz CT molecular complexity index is 1040. The molecule has 0 bridgehead atoms. The molecule has 2 amide bonds. The predicted octanol–water partition coefficient (Wildman–Crippen LogP) is 2.63. The van der Waals surface area contributed by atoms with Gasteiger partial charge in [-0.05, 0) is 71.8 Å². The van der Waals surface area contributed by atoms with Crippen LogP contribution in [0.1, 0.15) is 32.1 Å². The molecule has 1 aromatic heterocycles. The van der Waals surface area contributed by atoms with Crippen LogP contribution in [-0.4, -0.2) is 43.4 Å². The fraction of sp³-hybridized carbons (Fsp3) is 0.0870. The Kier molecular flexibility index (Phi) is 7.63. The molecule has 162 valence electrons. The standard InChI is InChI=1S/C23H21N5O4/c1-31-18-10-6-16(7-11-18)14-24-27-22(29)20-4-3-5-21(26-20)23(30)28-25-15-17-8-12-19(32-2)13-9-17/h3-15H,1-2H3,(H,27,29)(H,28,30)/b24-14-,25-15-. The van der Waals surface area contributed by atoms with Gasteiger partial charge in [-0.15, -0.1) is 0 Å². The first-order valence-corrected chi connectivity index (χ1v) is 9.51. The summed E-state index contributed by atoms with van der Waals surface area (Å²) in [4.78, 5) is 28.6. The first kappa shape index (κ1) is 22.2. The van der Waals surface area contributed by atoms with Crippen LogP contribution in [0.15, 0.2) is 76.9 Å². The van der Waals surface area contributed by atoms with Gasteiger partial charge in [-0.3, -0.25) is 9.59 Å². The molecule has 9 heteroatoms. The minimum absolute atomic E-state index is 0.0451. The van der Waals surface area contributed by atoms with Crippen molar-refractivity contribution in [2.75, 3.05) is 14.2 Å². The van der Waals surface area contributed by atoms with E-state index in [2.05, 4.69) is 26.0 Å². The van der Waals surface area contributed by atoms with Crippen molar-refractivity contribution < 1.29 is 19.1 Å². The number of methoxy groups -OCH3 is 2. The second-order valence-corrected chi connectivity index (χ2v) is 6.35. The van der Waals surface area contributed by atoms with E-state index in [1.54, 1.807) is 68.8 Å². The Morgan fingerprint density at radius 1 is 0.719 bits per heavy atom. The highest BCUT2D eigenvalue weighted by Crippen LogP contribution is 2.10. The summed E-state index contributed by atoms with van der Waals surface area (Å²) in [6.45, 7) is 0. The summed E-state index contributed by atoms with van der Waals surface area (Å²) in [5.74, 6) is 0.343. The van der Waals surface area contributed by atoms with E-state index < -0.39 is 11.8 Å². The first-order chi connectivity index (χ1) is 15.6. The van der Waals surface area contributed by atoms with Crippen LogP contribution < -0.4 is 20.3 Å². The number of pyridine rings is 1. The Balaban J connectivity index is 1.56. The zero-order valence-electron chi connectivity index (χ0n) is 17.5.